The van der Waals surface area contributed by atoms with Crippen molar-refractivity contribution in [3.8, 4) is 0 Å². The second-order valence-electron chi connectivity index (χ2n) is 4.91. The van der Waals surface area contributed by atoms with Crippen molar-refractivity contribution < 1.29 is 14.8 Å². The number of benzene rings is 1. The maximum Gasteiger partial charge on any atom is 0.307 e. The van der Waals surface area contributed by atoms with E-state index in [4.69, 9.17) is 12.2 Å². The molecule has 0 saturated heterocycles. The number of nitro groups is 1. The second-order valence-corrected chi connectivity index (χ2v) is 5.32. The molecule has 0 aliphatic carbocycles. The third-order valence-corrected chi connectivity index (χ3v) is 4.41. The minimum atomic E-state index is -1.07. The number of anilines is 1. The highest BCUT2D eigenvalue weighted by Crippen LogP contribution is 2.48. The van der Waals surface area contributed by atoms with Crippen LogP contribution >= 0.6 is 12.2 Å². The summed E-state index contributed by atoms with van der Waals surface area (Å²) in [5.41, 5.74) is -0.290. The van der Waals surface area contributed by atoms with Crippen LogP contribution in [-0.2, 0) is 10.2 Å². The van der Waals surface area contributed by atoms with Crippen molar-refractivity contribution in [1.82, 2.24) is 0 Å². The first kappa shape index (κ1) is 14.4. The number of hydrogen-bond donors (Lipinski definition) is 2. The standard InChI is InChI=1S/C13H14N2O4S/c1-3-7(11(16)17)13(2)10-8(14-12(13)20)5-4-6-9(10)15(18)19/h4-7H,3H2,1-2H3,(H,14,20)(H,16,17). The van der Waals surface area contributed by atoms with Crippen LogP contribution in [0.5, 0.6) is 0 Å². The van der Waals surface area contributed by atoms with E-state index in [0.29, 0.717) is 22.7 Å². The predicted octanol–water partition coefficient (Wildman–Crippen LogP) is 2.72. The largest absolute Gasteiger partial charge is 0.481 e. The summed E-state index contributed by atoms with van der Waals surface area (Å²) in [4.78, 5) is 22.5. The lowest BCUT2D eigenvalue weighted by Crippen LogP contribution is -2.42. The van der Waals surface area contributed by atoms with Crippen molar-refractivity contribution in [3.05, 3.63) is 33.9 Å². The molecule has 1 aliphatic rings. The Labute approximate surface area is 120 Å². The molecule has 1 aliphatic heterocycles. The van der Waals surface area contributed by atoms with Crippen LogP contribution in [0.4, 0.5) is 11.4 Å². The summed E-state index contributed by atoms with van der Waals surface area (Å²) in [6.45, 7) is 3.39. The molecule has 1 heterocycles. The van der Waals surface area contributed by atoms with E-state index >= 15 is 0 Å². The summed E-state index contributed by atoms with van der Waals surface area (Å²) < 4.78 is 0. The number of nitrogens with one attached hydrogen (secondary N) is 1. The Morgan fingerprint density at radius 2 is 2.25 bits per heavy atom. The van der Waals surface area contributed by atoms with E-state index in [0.717, 1.165) is 0 Å². The van der Waals surface area contributed by atoms with Crippen molar-refractivity contribution >= 4 is 34.6 Å². The summed E-state index contributed by atoms with van der Waals surface area (Å²) in [7, 11) is 0. The highest BCUT2D eigenvalue weighted by atomic mass is 32.1. The lowest BCUT2D eigenvalue weighted by atomic mass is 9.71. The van der Waals surface area contributed by atoms with Crippen LogP contribution in [0.25, 0.3) is 0 Å². The van der Waals surface area contributed by atoms with Crippen molar-refractivity contribution in [2.24, 2.45) is 5.92 Å². The van der Waals surface area contributed by atoms with Crippen LogP contribution < -0.4 is 5.32 Å². The van der Waals surface area contributed by atoms with E-state index in [1.54, 1.807) is 26.0 Å². The number of nitro benzene ring substituents is 1. The van der Waals surface area contributed by atoms with Gasteiger partial charge in [0, 0.05) is 11.8 Å². The van der Waals surface area contributed by atoms with Crippen molar-refractivity contribution in [2.75, 3.05) is 5.32 Å². The van der Waals surface area contributed by atoms with Crippen molar-refractivity contribution in [3.63, 3.8) is 0 Å². The zero-order valence-electron chi connectivity index (χ0n) is 11.0. The molecule has 0 amide bonds. The SMILES string of the molecule is CCC(C(=O)O)C1(C)C(=S)Nc2cccc([N+](=O)[O-])c21. The Hall–Kier alpha value is -2.02. The average molecular weight is 294 g/mol. The smallest absolute Gasteiger partial charge is 0.307 e. The molecule has 2 unspecified atom stereocenters. The highest BCUT2D eigenvalue weighted by Gasteiger charge is 2.51. The molecule has 0 aromatic heterocycles. The van der Waals surface area contributed by atoms with Gasteiger partial charge in [0.25, 0.3) is 5.69 Å². The monoisotopic (exact) mass is 294 g/mol. The second kappa shape index (κ2) is 4.82. The minimum absolute atomic E-state index is 0.1000. The van der Waals surface area contributed by atoms with Crippen molar-refractivity contribution in [1.29, 1.82) is 0 Å². The molecular formula is C13H14N2O4S. The first-order valence-corrected chi connectivity index (χ1v) is 6.57. The molecule has 0 bridgehead atoms. The van der Waals surface area contributed by atoms with Gasteiger partial charge in [-0.05, 0) is 19.4 Å². The number of carboxylic acid groups (broad SMARTS) is 1. The maximum atomic E-state index is 11.5. The van der Waals surface area contributed by atoms with Crippen LogP contribution in [0.3, 0.4) is 0 Å². The third-order valence-electron chi connectivity index (χ3n) is 3.88. The van der Waals surface area contributed by atoms with Crippen LogP contribution in [0.1, 0.15) is 25.8 Å². The molecule has 0 fully saturated rings. The molecule has 2 rings (SSSR count). The van der Waals surface area contributed by atoms with Gasteiger partial charge in [-0.15, -0.1) is 0 Å². The van der Waals surface area contributed by atoms with Gasteiger partial charge in [-0.2, -0.15) is 0 Å². The zero-order valence-corrected chi connectivity index (χ0v) is 11.9. The number of thiocarbonyl (C=S) groups is 1. The third kappa shape index (κ3) is 1.85. The van der Waals surface area contributed by atoms with E-state index in [1.165, 1.54) is 6.07 Å². The number of carboxylic acids is 1. The van der Waals surface area contributed by atoms with E-state index < -0.39 is 22.2 Å². The molecule has 2 N–H and O–H groups in total. The predicted molar refractivity (Wildman–Crippen MR) is 78.1 cm³/mol. The lowest BCUT2D eigenvalue weighted by molar-refractivity contribution is -0.385. The zero-order chi connectivity index (χ0) is 15.1. The number of carbonyl (C=O) groups is 1. The normalized spacial score (nSPS) is 22.0. The van der Waals surface area contributed by atoms with E-state index in [1.807, 2.05) is 0 Å². The Kier molecular flexibility index (Phi) is 3.47. The summed E-state index contributed by atoms with van der Waals surface area (Å²) in [6, 6.07) is 4.61. The quantitative estimate of drug-likeness (QED) is 0.504. The Balaban J connectivity index is 2.73. The molecule has 6 nitrogen and oxygen atoms in total. The van der Waals surface area contributed by atoms with E-state index in [9.17, 15) is 20.0 Å². The molecule has 2 atom stereocenters. The fourth-order valence-corrected chi connectivity index (χ4v) is 3.22. The Morgan fingerprint density at radius 3 is 2.75 bits per heavy atom. The number of aliphatic carboxylic acids is 1. The van der Waals surface area contributed by atoms with Gasteiger partial charge in [0.05, 0.1) is 26.8 Å². The molecular weight excluding hydrogens is 280 g/mol. The van der Waals surface area contributed by atoms with Gasteiger partial charge in [0.2, 0.25) is 0 Å². The number of nitrogens with zero attached hydrogens (tertiary/aromatic N) is 1. The first-order chi connectivity index (χ1) is 9.33. The molecule has 106 valence electrons. The lowest BCUT2D eigenvalue weighted by Gasteiger charge is -2.30. The average Bonchev–Trinajstić information content (AvgIpc) is 2.62. The van der Waals surface area contributed by atoms with Gasteiger partial charge in [-0.3, -0.25) is 14.9 Å². The topological polar surface area (TPSA) is 92.5 Å². The van der Waals surface area contributed by atoms with Gasteiger partial charge in [0.15, 0.2) is 0 Å². The van der Waals surface area contributed by atoms with Gasteiger partial charge in [-0.25, -0.2) is 0 Å². The van der Waals surface area contributed by atoms with Gasteiger partial charge < -0.3 is 10.4 Å². The fraction of sp³-hybridized carbons (Fsp3) is 0.385. The number of fused-ring (bicyclic) bond motifs is 1. The summed E-state index contributed by atoms with van der Waals surface area (Å²) in [6.07, 6.45) is 0.332. The molecule has 1 aromatic carbocycles. The van der Waals surface area contributed by atoms with Crippen LogP contribution in [-0.4, -0.2) is 21.0 Å². The molecule has 20 heavy (non-hydrogen) atoms. The first-order valence-electron chi connectivity index (χ1n) is 6.16. The molecule has 0 spiro atoms. The number of hydrogen-bond acceptors (Lipinski definition) is 4. The Bertz CT molecular complexity index is 616. The molecule has 0 saturated carbocycles. The maximum absolute atomic E-state index is 11.5. The highest BCUT2D eigenvalue weighted by molar-refractivity contribution is 7.80. The molecule has 1 aromatic rings. The van der Waals surface area contributed by atoms with Gasteiger partial charge in [0.1, 0.15) is 0 Å². The minimum Gasteiger partial charge on any atom is -0.481 e. The van der Waals surface area contributed by atoms with Gasteiger partial charge >= 0.3 is 5.97 Å². The summed E-state index contributed by atoms with van der Waals surface area (Å²) in [5, 5.41) is 23.6. The number of rotatable bonds is 4. The van der Waals surface area contributed by atoms with Gasteiger partial charge in [-0.1, -0.05) is 25.2 Å². The fourth-order valence-electron chi connectivity index (χ4n) is 2.87. The van der Waals surface area contributed by atoms with Crippen molar-refractivity contribution in [2.45, 2.75) is 25.7 Å². The van der Waals surface area contributed by atoms with E-state index in [2.05, 4.69) is 5.32 Å². The van der Waals surface area contributed by atoms with E-state index in [-0.39, 0.29) is 5.69 Å². The Morgan fingerprint density at radius 1 is 1.60 bits per heavy atom. The summed E-state index contributed by atoms with van der Waals surface area (Å²) >= 11 is 5.27. The van der Waals surface area contributed by atoms with Crippen LogP contribution in [0, 0.1) is 16.0 Å². The van der Waals surface area contributed by atoms with Crippen LogP contribution in [0.15, 0.2) is 18.2 Å². The van der Waals surface area contributed by atoms with Crippen LogP contribution in [0.2, 0.25) is 0 Å². The summed E-state index contributed by atoms with van der Waals surface area (Å²) in [5.74, 6) is -1.82. The molecule has 0 radical (unpaired) electrons. The molecule has 7 heteroatoms.